The topological polar surface area (TPSA) is 38.3 Å². The molecule has 2 aromatic carbocycles. The molecule has 0 radical (unpaired) electrons. The van der Waals surface area contributed by atoms with Gasteiger partial charge in [-0.2, -0.15) is 0 Å². The van der Waals surface area contributed by atoms with Crippen LogP contribution >= 0.6 is 15.9 Å². The lowest BCUT2D eigenvalue weighted by Crippen LogP contribution is -2.12. The Morgan fingerprint density at radius 1 is 1.16 bits per heavy atom. The number of halogens is 1. The van der Waals surface area contributed by atoms with E-state index in [2.05, 4.69) is 21.2 Å². The van der Waals surface area contributed by atoms with Crippen molar-refractivity contribution in [3.05, 3.63) is 58.1 Å². The Morgan fingerprint density at radius 2 is 1.84 bits per heavy atom. The zero-order chi connectivity index (χ0) is 13.8. The van der Waals surface area contributed by atoms with E-state index in [0.717, 1.165) is 10.0 Å². The predicted molar refractivity (Wildman–Crippen MR) is 79.8 cm³/mol. The maximum absolute atomic E-state index is 12.1. The van der Waals surface area contributed by atoms with E-state index < -0.39 is 0 Å². The first-order valence-electron chi connectivity index (χ1n) is 5.81. The van der Waals surface area contributed by atoms with Gasteiger partial charge in [0.15, 0.2) is 0 Å². The summed E-state index contributed by atoms with van der Waals surface area (Å²) in [5, 5.41) is 2.84. The molecule has 1 N–H and O–H groups in total. The lowest BCUT2D eigenvalue weighted by Gasteiger charge is -2.10. The Hall–Kier alpha value is -1.81. The van der Waals surface area contributed by atoms with Crippen molar-refractivity contribution < 1.29 is 9.53 Å². The largest absolute Gasteiger partial charge is 0.495 e. The molecule has 0 aliphatic carbocycles. The first-order valence-corrected chi connectivity index (χ1v) is 6.61. The summed E-state index contributed by atoms with van der Waals surface area (Å²) in [5.74, 6) is 0.468. The Kier molecular flexibility index (Phi) is 4.22. The number of ether oxygens (including phenoxy) is 1. The Labute approximate surface area is 120 Å². The molecule has 0 aliphatic heterocycles. The van der Waals surface area contributed by atoms with Gasteiger partial charge in [-0.1, -0.05) is 33.6 Å². The molecule has 0 saturated heterocycles. The predicted octanol–water partition coefficient (Wildman–Crippen LogP) is 4.02. The average Bonchev–Trinajstić information content (AvgIpc) is 2.41. The van der Waals surface area contributed by atoms with Gasteiger partial charge in [0.1, 0.15) is 5.75 Å². The lowest BCUT2D eigenvalue weighted by molar-refractivity contribution is 0.102. The van der Waals surface area contributed by atoms with E-state index in [1.165, 1.54) is 0 Å². The van der Waals surface area contributed by atoms with Gasteiger partial charge in [-0.3, -0.25) is 4.79 Å². The molecule has 0 atom stereocenters. The van der Waals surface area contributed by atoms with Crippen molar-refractivity contribution in [2.75, 3.05) is 12.4 Å². The van der Waals surface area contributed by atoms with E-state index >= 15 is 0 Å². The number of rotatable bonds is 3. The number of benzene rings is 2. The van der Waals surface area contributed by atoms with Crippen LogP contribution in [0.4, 0.5) is 5.69 Å². The Morgan fingerprint density at radius 3 is 2.47 bits per heavy atom. The Bertz CT molecular complexity index is 594. The molecule has 3 nitrogen and oxygen atoms in total. The maximum atomic E-state index is 12.1. The average molecular weight is 320 g/mol. The number of methoxy groups -OCH3 is 1. The van der Waals surface area contributed by atoms with Gasteiger partial charge in [-0.25, -0.2) is 0 Å². The molecule has 0 spiro atoms. The highest BCUT2D eigenvalue weighted by molar-refractivity contribution is 9.10. The van der Waals surface area contributed by atoms with Crippen molar-refractivity contribution in [1.29, 1.82) is 0 Å². The van der Waals surface area contributed by atoms with Crippen LogP contribution in [-0.2, 0) is 0 Å². The third-order valence-electron chi connectivity index (χ3n) is 2.73. The lowest BCUT2D eigenvalue weighted by atomic mass is 10.1. The highest BCUT2D eigenvalue weighted by Gasteiger charge is 2.09. The minimum Gasteiger partial charge on any atom is -0.495 e. The molecule has 19 heavy (non-hydrogen) atoms. The third-order valence-corrected chi connectivity index (χ3v) is 3.22. The van der Waals surface area contributed by atoms with Gasteiger partial charge < -0.3 is 10.1 Å². The summed E-state index contributed by atoms with van der Waals surface area (Å²) in [7, 11) is 1.57. The summed E-state index contributed by atoms with van der Waals surface area (Å²) < 4.78 is 6.14. The second-order valence-electron chi connectivity index (χ2n) is 4.16. The van der Waals surface area contributed by atoms with Crippen LogP contribution in [0.5, 0.6) is 5.75 Å². The number of aryl methyl sites for hydroxylation is 1. The zero-order valence-electron chi connectivity index (χ0n) is 10.7. The van der Waals surface area contributed by atoms with Gasteiger partial charge >= 0.3 is 0 Å². The summed E-state index contributed by atoms with van der Waals surface area (Å²) >= 11 is 3.36. The summed E-state index contributed by atoms with van der Waals surface area (Å²) in [6.45, 7) is 1.99. The fraction of sp³-hybridized carbons (Fsp3) is 0.133. The molecule has 0 unspecified atom stereocenters. The number of carbonyl (C=O) groups is 1. The van der Waals surface area contributed by atoms with Crippen LogP contribution in [0.1, 0.15) is 15.9 Å². The third kappa shape index (κ3) is 3.35. The van der Waals surface area contributed by atoms with Crippen LogP contribution in [-0.4, -0.2) is 13.0 Å². The van der Waals surface area contributed by atoms with E-state index in [9.17, 15) is 4.79 Å². The van der Waals surface area contributed by atoms with Crippen molar-refractivity contribution in [3.8, 4) is 5.75 Å². The van der Waals surface area contributed by atoms with E-state index in [1.54, 1.807) is 25.3 Å². The first kappa shape index (κ1) is 13.6. The summed E-state index contributed by atoms with van der Waals surface area (Å²) in [5.41, 5.74) is 2.39. The molecule has 98 valence electrons. The van der Waals surface area contributed by atoms with Gasteiger partial charge in [0.05, 0.1) is 12.8 Å². The maximum Gasteiger partial charge on any atom is 0.255 e. The summed E-state index contributed by atoms with van der Waals surface area (Å²) in [6.07, 6.45) is 0. The zero-order valence-corrected chi connectivity index (χ0v) is 12.3. The molecule has 2 aromatic rings. The van der Waals surface area contributed by atoms with Crippen LogP contribution < -0.4 is 10.1 Å². The van der Waals surface area contributed by atoms with Crippen molar-refractivity contribution >= 4 is 27.5 Å². The number of carbonyl (C=O) groups excluding carboxylic acids is 1. The fourth-order valence-corrected chi connectivity index (χ4v) is 2.01. The quantitative estimate of drug-likeness (QED) is 0.928. The van der Waals surface area contributed by atoms with Gasteiger partial charge in [-0.15, -0.1) is 0 Å². The molecule has 0 saturated carbocycles. The van der Waals surface area contributed by atoms with Crippen molar-refractivity contribution in [2.24, 2.45) is 0 Å². The molecule has 0 fully saturated rings. The SMILES string of the molecule is COc1cc(Br)ccc1NC(=O)c1ccc(C)cc1. The molecule has 0 bridgehead atoms. The van der Waals surface area contributed by atoms with Crippen molar-refractivity contribution in [1.82, 2.24) is 0 Å². The van der Waals surface area contributed by atoms with Crippen LogP contribution in [0.3, 0.4) is 0 Å². The highest BCUT2D eigenvalue weighted by Crippen LogP contribution is 2.28. The molecule has 0 heterocycles. The molecule has 1 amide bonds. The van der Waals surface area contributed by atoms with E-state index in [0.29, 0.717) is 17.0 Å². The van der Waals surface area contributed by atoms with Crippen LogP contribution in [0.15, 0.2) is 46.9 Å². The summed E-state index contributed by atoms with van der Waals surface area (Å²) in [6, 6.07) is 12.9. The first-order chi connectivity index (χ1) is 9.10. The minimum atomic E-state index is -0.152. The smallest absolute Gasteiger partial charge is 0.255 e. The summed E-state index contributed by atoms with van der Waals surface area (Å²) in [4.78, 5) is 12.1. The number of hydrogen-bond acceptors (Lipinski definition) is 2. The van der Waals surface area contributed by atoms with Crippen molar-refractivity contribution in [2.45, 2.75) is 6.92 Å². The molecule has 2 rings (SSSR count). The minimum absolute atomic E-state index is 0.152. The number of anilines is 1. The molecule has 0 aromatic heterocycles. The second kappa shape index (κ2) is 5.89. The molecular weight excluding hydrogens is 306 g/mol. The van der Waals surface area contributed by atoms with Gasteiger partial charge in [0, 0.05) is 10.0 Å². The van der Waals surface area contributed by atoms with Crippen LogP contribution in [0.2, 0.25) is 0 Å². The Balaban J connectivity index is 2.21. The van der Waals surface area contributed by atoms with Gasteiger partial charge in [0.25, 0.3) is 5.91 Å². The second-order valence-corrected chi connectivity index (χ2v) is 5.08. The van der Waals surface area contributed by atoms with Crippen LogP contribution in [0.25, 0.3) is 0 Å². The van der Waals surface area contributed by atoms with E-state index in [1.807, 2.05) is 31.2 Å². The normalized spacial score (nSPS) is 10.1. The van der Waals surface area contributed by atoms with Crippen molar-refractivity contribution in [3.63, 3.8) is 0 Å². The number of nitrogens with one attached hydrogen (secondary N) is 1. The molecule has 0 aliphatic rings. The van der Waals surface area contributed by atoms with E-state index in [4.69, 9.17) is 4.74 Å². The highest BCUT2D eigenvalue weighted by atomic mass is 79.9. The van der Waals surface area contributed by atoms with Gasteiger partial charge in [-0.05, 0) is 37.3 Å². The van der Waals surface area contributed by atoms with Gasteiger partial charge in [0.2, 0.25) is 0 Å². The monoisotopic (exact) mass is 319 g/mol. The number of hydrogen-bond donors (Lipinski definition) is 1. The van der Waals surface area contributed by atoms with E-state index in [-0.39, 0.29) is 5.91 Å². The number of amides is 1. The standard InChI is InChI=1S/C15H14BrNO2/c1-10-3-5-11(6-4-10)15(18)17-13-8-7-12(16)9-14(13)19-2/h3-9H,1-2H3,(H,17,18). The molecule has 4 heteroatoms. The molecular formula is C15H14BrNO2. The fourth-order valence-electron chi connectivity index (χ4n) is 1.67. The van der Waals surface area contributed by atoms with Crippen LogP contribution in [0, 0.1) is 6.92 Å².